The van der Waals surface area contributed by atoms with Crippen molar-refractivity contribution in [2.24, 2.45) is 11.8 Å². The molecule has 424 valence electrons. The highest BCUT2D eigenvalue weighted by molar-refractivity contribution is 5.88. The van der Waals surface area contributed by atoms with Crippen molar-refractivity contribution in [3.8, 4) is 12.0 Å². The van der Waals surface area contributed by atoms with Crippen LogP contribution >= 0.6 is 0 Å². The Morgan fingerprint density at radius 3 is 1.41 bits per heavy atom. The van der Waals surface area contributed by atoms with Gasteiger partial charge in [-0.3, -0.25) is 19.2 Å². The number of ether oxygens (including phenoxy) is 2. The van der Waals surface area contributed by atoms with Gasteiger partial charge >= 0.3 is 12.0 Å². The molecule has 80 heavy (non-hydrogen) atoms. The van der Waals surface area contributed by atoms with E-state index in [1.54, 1.807) is 18.8 Å². The van der Waals surface area contributed by atoms with E-state index in [0.717, 1.165) is 83.4 Å². The standard InChI is InChI=1S/C31H40N6O3.C30H39N7O3/c1-4-28(39)36-15-13-24(14-16-36)27(38)18-22-9-8-10-23(17-22)19-32-30-35-31(40-25-11-6-5-7-12-25)34-29-26(21(2)3)20-33-37(29)30;1-4-27(39)36-14-10-23(11-15-36)26(38)17-21-6-5-7-22(16-21)18-32-29-35-30(40-24-8-12-31-13-9-24)34-28-25(20(2)3)19-33-37(28)29/h4,8-10,17,20-21,24-25H,1,5-7,11-16,18-19H2,2-3H3,(H,32,34,35);4-7,16,19-20,23-24,31H,1,8-15,17-18H2,2-3H3,(H,32,34,35). The van der Waals surface area contributed by atoms with Gasteiger partial charge in [0.1, 0.15) is 23.8 Å². The van der Waals surface area contributed by atoms with Gasteiger partial charge in [-0.1, -0.05) is 95.8 Å². The number of fused-ring (bicyclic) bond motifs is 2. The number of benzene rings is 2. The number of ketones is 2. The summed E-state index contributed by atoms with van der Waals surface area (Å²) in [5.74, 6) is 2.00. The van der Waals surface area contributed by atoms with Crippen molar-refractivity contribution in [3.63, 3.8) is 0 Å². The van der Waals surface area contributed by atoms with Gasteiger partial charge in [0, 0.05) is 75.1 Å². The first-order valence-corrected chi connectivity index (χ1v) is 28.9. The van der Waals surface area contributed by atoms with Crippen molar-refractivity contribution in [2.45, 2.75) is 148 Å². The van der Waals surface area contributed by atoms with Crippen molar-refractivity contribution in [2.75, 3.05) is 49.9 Å². The van der Waals surface area contributed by atoms with E-state index < -0.39 is 0 Å². The minimum Gasteiger partial charge on any atom is -0.460 e. The number of hydrogen-bond donors (Lipinski definition) is 3. The Morgan fingerprint density at radius 1 is 0.588 bits per heavy atom. The molecule has 7 heterocycles. The largest absolute Gasteiger partial charge is 0.460 e. The number of hydrogen-bond acceptors (Lipinski definition) is 15. The quantitative estimate of drug-likeness (QED) is 0.0610. The molecule has 2 amide bonds. The Morgan fingerprint density at radius 2 is 1.00 bits per heavy atom. The van der Waals surface area contributed by atoms with Crippen LogP contribution in [0, 0.1) is 11.8 Å². The Kier molecular flexibility index (Phi) is 19.3. The van der Waals surface area contributed by atoms with Crippen LogP contribution < -0.4 is 25.4 Å². The molecule has 0 spiro atoms. The van der Waals surface area contributed by atoms with Gasteiger partial charge in [-0.25, -0.2) is 0 Å². The molecule has 0 bridgehead atoms. The number of carbonyl (C=O) groups is 4. The number of anilines is 2. The average molecular weight is 1090 g/mol. The van der Waals surface area contributed by atoms with E-state index in [0.29, 0.717) is 102 Å². The lowest BCUT2D eigenvalue weighted by Crippen LogP contribution is -2.39. The second-order valence-electron chi connectivity index (χ2n) is 22.3. The molecule has 3 saturated heterocycles. The molecule has 1 aliphatic carbocycles. The third kappa shape index (κ3) is 14.6. The minimum absolute atomic E-state index is 0.0116. The fraction of sp³-hybridized carbons (Fsp3) is 0.508. The number of nitrogens with one attached hydrogen (secondary N) is 3. The first-order chi connectivity index (χ1) is 38.8. The topological polar surface area (TPSA) is 215 Å². The number of nitrogens with zero attached hydrogens (tertiary/aromatic N) is 10. The molecule has 0 atom stereocenters. The van der Waals surface area contributed by atoms with Crippen LogP contribution in [0.5, 0.6) is 12.0 Å². The van der Waals surface area contributed by atoms with Gasteiger partial charge < -0.3 is 35.2 Å². The Hall–Kier alpha value is -7.54. The molecule has 3 N–H and O–H groups in total. The number of Topliss-reactive ketones (excluding diaryl/α,β-unsaturated/α-hetero) is 2. The maximum absolute atomic E-state index is 13.0. The van der Waals surface area contributed by atoms with Gasteiger partial charge in [0.2, 0.25) is 23.7 Å². The van der Waals surface area contributed by atoms with Crippen molar-refractivity contribution in [1.29, 1.82) is 0 Å². The van der Waals surface area contributed by atoms with Crippen molar-refractivity contribution < 1.29 is 28.7 Å². The second kappa shape index (κ2) is 27.1. The number of rotatable bonds is 20. The highest BCUT2D eigenvalue weighted by atomic mass is 16.5. The first kappa shape index (κ1) is 57.2. The van der Waals surface area contributed by atoms with Gasteiger partial charge in [-0.05, 0) is 124 Å². The molecule has 4 aliphatic rings. The summed E-state index contributed by atoms with van der Waals surface area (Å²) in [5.41, 5.74) is 7.67. The Balaban J connectivity index is 0.000000194. The number of likely N-dealkylation sites (tertiary alicyclic amines) is 2. The molecule has 1 saturated carbocycles. The van der Waals surface area contributed by atoms with E-state index in [4.69, 9.17) is 24.4 Å². The summed E-state index contributed by atoms with van der Waals surface area (Å²) in [6.45, 7) is 20.9. The summed E-state index contributed by atoms with van der Waals surface area (Å²) in [4.78, 5) is 72.1. The number of carbonyl (C=O) groups excluding carboxylic acids is 4. The van der Waals surface area contributed by atoms with E-state index in [9.17, 15) is 19.2 Å². The normalized spacial score (nSPS) is 16.8. The molecular formula is C61H79N13O6. The molecule has 0 radical (unpaired) electrons. The maximum atomic E-state index is 13.0. The van der Waals surface area contributed by atoms with Crippen LogP contribution in [0.2, 0.25) is 0 Å². The van der Waals surface area contributed by atoms with Crippen LogP contribution in [0.4, 0.5) is 11.9 Å². The first-order valence-electron chi connectivity index (χ1n) is 28.9. The summed E-state index contributed by atoms with van der Waals surface area (Å²) >= 11 is 0. The summed E-state index contributed by atoms with van der Waals surface area (Å²) in [6, 6.07) is 16.9. The van der Waals surface area contributed by atoms with E-state index in [2.05, 4.69) is 84.1 Å². The minimum atomic E-state index is -0.0624. The fourth-order valence-electron chi connectivity index (χ4n) is 11.1. The van der Waals surface area contributed by atoms with Crippen molar-refractivity contribution in [3.05, 3.63) is 120 Å². The van der Waals surface area contributed by atoms with Crippen molar-refractivity contribution in [1.82, 2.24) is 54.3 Å². The van der Waals surface area contributed by atoms with Gasteiger partial charge in [-0.2, -0.15) is 39.2 Å². The zero-order chi connectivity index (χ0) is 56.1. The van der Waals surface area contributed by atoms with Gasteiger partial charge in [0.05, 0.1) is 12.4 Å². The molecule has 3 aliphatic heterocycles. The smallest absolute Gasteiger partial charge is 0.322 e. The Bertz CT molecular complexity index is 2910. The number of piperidine rings is 3. The maximum Gasteiger partial charge on any atom is 0.322 e. The number of aromatic nitrogens is 8. The summed E-state index contributed by atoms with van der Waals surface area (Å²) in [7, 11) is 0. The molecule has 19 heteroatoms. The van der Waals surface area contributed by atoms with Crippen LogP contribution in [0.3, 0.4) is 0 Å². The highest BCUT2D eigenvalue weighted by Gasteiger charge is 2.29. The third-order valence-electron chi connectivity index (χ3n) is 15.9. The van der Waals surface area contributed by atoms with Crippen LogP contribution in [0.25, 0.3) is 11.3 Å². The van der Waals surface area contributed by atoms with E-state index >= 15 is 0 Å². The summed E-state index contributed by atoms with van der Waals surface area (Å²) in [5, 5.41) is 19.3. The lowest BCUT2D eigenvalue weighted by Gasteiger charge is -2.30. The molecular weight excluding hydrogens is 1010 g/mol. The third-order valence-corrected chi connectivity index (χ3v) is 15.9. The number of amides is 2. The summed E-state index contributed by atoms with van der Waals surface area (Å²) < 4.78 is 15.9. The Labute approximate surface area is 469 Å². The highest BCUT2D eigenvalue weighted by Crippen LogP contribution is 2.29. The van der Waals surface area contributed by atoms with Crippen LogP contribution in [-0.2, 0) is 45.1 Å². The molecule has 6 aromatic rings. The lowest BCUT2D eigenvalue weighted by atomic mass is 9.89. The predicted octanol–water partition coefficient (Wildman–Crippen LogP) is 8.63. The van der Waals surface area contributed by atoms with Crippen molar-refractivity contribution >= 4 is 46.6 Å². The molecule has 0 unspecified atom stereocenters. The van der Waals surface area contributed by atoms with Gasteiger partial charge in [0.15, 0.2) is 11.3 Å². The van der Waals surface area contributed by atoms with Crippen LogP contribution in [0.15, 0.2) is 86.2 Å². The van der Waals surface area contributed by atoms with Crippen LogP contribution in [0.1, 0.15) is 144 Å². The molecule has 2 aromatic carbocycles. The fourth-order valence-corrected chi connectivity index (χ4v) is 11.1. The average Bonchev–Trinajstić information content (AvgIpc) is 4.12. The molecule has 19 nitrogen and oxygen atoms in total. The zero-order valence-electron chi connectivity index (χ0n) is 47.1. The molecule has 10 rings (SSSR count). The SMILES string of the molecule is C=CC(=O)N1CCC(C(=O)Cc2cccc(CNc3nc(OC4CCCCC4)nc4c(C(C)C)cnn34)c2)CC1.C=CC(=O)N1CCC(C(=O)Cc2cccc(CNc3nc(OC4CCNCC4)nc4c(C(C)C)cnn34)c2)CC1. The van der Waals surface area contributed by atoms with Gasteiger partial charge in [0.25, 0.3) is 0 Å². The molecule has 4 aromatic heterocycles. The molecule has 4 fully saturated rings. The lowest BCUT2D eigenvalue weighted by molar-refractivity contribution is -0.131. The predicted molar refractivity (Wildman–Crippen MR) is 308 cm³/mol. The summed E-state index contributed by atoms with van der Waals surface area (Å²) in [6.07, 6.45) is 17.7. The van der Waals surface area contributed by atoms with E-state index in [-0.39, 0.29) is 59.3 Å². The van der Waals surface area contributed by atoms with E-state index in [1.807, 2.05) is 48.8 Å². The second-order valence-corrected chi connectivity index (χ2v) is 22.3. The van der Waals surface area contributed by atoms with Gasteiger partial charge in [-0.15, -0.1) is 0 Å². The van der Waals surface area contributed by atoms with Crippen LogP contribution in [-0.4, -0.2) is 124 Å². The van der Waals surface area contributed by atoms with E-state index in [1.165, 1.54) is 31.4 Å². The zero-order valence-corrected chi connectivity index (χ0v) is 47.1. The monoisotopic (exact) mass is 1090 g/mol.